The maximum atomic E-state index is 12.5. The van der Waals surface area contributed by atoms with E-state index in [9.17, 15) is 9.59 Å². The van der Waals surface area contributed by atoms with Crippen molar-refractivity contribution in [3.63, 3.8) is 0 Å². The highest BCUT2D eigenvalue weighted by atomic mass is 16.5. The molecule has 2 aromatic rings. The third-order valence-electron chi connectivity index (χ3n) is 4.33. The molecule has 0 spiro atoms. The van der Waals surface area contributed by atoms with E-state index in [1.54, 1.807) is 12.1 Å². The molecule has 142 valence electrons. The Bertz CT molecular complexity index is 754. The highest BCUT2D eigenvalue weighted by Crippen LogP contribution is 2.23. The Morgan fingerprint density at radius 2 is 1.78 bits per heavy atom. The van der Waals surface area contributed by atoms with Crippen LogP contribution in [0.15, 0.2) is 54.6 Å². The largest absolute Gasteiger partial charge is 0.494 e. The van der Waals surface area contributed by atoms with Crippen molar-refractivity contribution >= 4 is 11.9 Å². The van der Waals surface area contributed by atoms with Crippen molar-refractivity contribution in [1.29, 1.82) is 0 Å². The summed E-state index contributed by atoms with van der Waals surface area (Å²) >= 11 is 0. The molecule has 0 aliphatic heterocycles. The third-order valence-corrected chi connectivity index (χ3v) is 4.33. The molecule has 1 aliphatic carbocycles. The molecule has 0 radical (unpaired) electrons. The Morgan fingerprint density at radius 3 is 2.44 bits per heavy atom. The number of ether oxygens (including phenoxy) is 2. The Labute approximate surface area is 159 Å². The second-order valence-corrected chi connectivity index (χ2v) is 6.83. The van der Waals surface area contributed by atoms with Gasteiger partial charge in [0.15, 0.2) is 0 Å². The smallest absolute Gasteiger partial charge is 0.307 e. The topological polar surface area (TPSA) is 64.6 Å². The molecule has 1 saturated carbocycles. The fourth-order valence-electron chi connectivity index (χ4n) is 2.64. The van der Waals surface area contributed by atoms with Crippen LogP contribution in [-0.4, -0.2) is 24.5 Å². The van der Waals surface area contributed by atoms with Crippen molar-refractivity contribution in [2.24, 2.45) is 0 Å². The van der Waals surface area contributed by atoms with E-state index in [2.05, 4.69) is 5.32 Å². The molecule has 1 N–H and O–H groups in total. The second-order valence-electron chi connectivity index (χ2n) is 6.83. The summed E-state index contributed by atoms with van der Waals surface area (Å²) in [5, 5.41) is 2.91. The molecular weight excluding hydrogens is 342 g/mol. The van der Waals surface area contributed by atoms with Gasteiger partial charge in [0.1, 0.15) is 5.75 Å². The Morgan fingerprint density at radius 1 is 1.07 bits per heavy atom. The third kappa shape index (κ3) is 6.13. The summed E-state index contributed by atoms with van der Waals surface area (Å²) in [6, 6.07) is 17.1. The van der Waals surface area contributed by atoms with Crippen LogP contribution in [0.2, 0.25) is 0 Å². The molecule has 0 aromatic heterocycles. The van der Waals surface area contributed by atoms with Gasteiger partial charge in [-0.3, -0.25) is 9.59 Å². The molecule has 27 heavy (non-hydrogen) atoms. The first kappa shape index (κ1) is 19.0. The maximum Gasteiger partial charge on any atom is 0.307 e. The number of amides is 1. The van der Waals surface area contributed by atoms with E-state index >= 15 is 0 Å². The van der Waals surface area contributed by atoms with Gasteiger partial charge in [0, 0.05) is 18.0 Å². The zero-order valence-electron chi connectivity index (χ0n) is 15.5. The van der Waals surface area contributed by atoms with Crippen LogP contribution in [0.1, 0.15) is 42.9 Å². The van der Waals surface area contributed by atoms with Crippen LogP contribution in [0.5, 0.6) is 5.75 Å². The van der Waals surface area contributed by atoms with Crippen molar-refractivity contribution in [3.8, 4) is 5.75 Å². The van der Waals surface area contributed by atoms with Gasteiger partial charge in [-0.05, 0) is 38.3 Å². The summed E-state index contributed by atoms with van der Waals surface area (Å²) < 4.78 is 11.1. The average molecular weight is 367 g/mol. The molecule has 5 nitrogen and oxygen atoms in total. The highest BCUT2D eigenvalue weighted by molar-refractivity contribution is 5.85. The molecule has 1 amide bonds. The van der Waals surface area contributed by atoms with E-state index in [1.807, 2.05) is 49.4 Å². The van der Waals surface area contributed by atoms with Crippen LogP contribution in [0.3, 0.4) is 0 Å². The van der Waals surface area contributed by atoms with Gasteiger partial charge in [0.05, 0.1) is 6.61 Å². The lowest BCUT2D eigenvalue weighted by Crippen LogP contribution is -2.33. The van der Waals surface area contributed by atoms with Gasteiger partial charge in [-0.25, -0.2) is 0 Å². The molecule has 5 heteroatoms. The molecule has 0 heterocycles. The van der Waals surface area contributed by atoms with Gasteiger partial charge < -0.3 is 14.8 Å². The van der Waals surface area contributed by atoms with Gasteiger partial charge in [-0.15, -0.1) is 0 Å². The summed E-state index contributed by atoms with van der Waals surface area (Å²) in [6.45, 7) is 2.44. The van der Waals surface area contributed by atoms with Gasteiger partial charge in [0.25, 0.3) is 5.91 Å². The molecule has 1 atom stereocenters. The number of aryl methyl sites for hydroxylation is 1. The monoisotopic (exact) mass is 367 g/mol. The fourth-order valence-corrected chi connectivity index (χ4v) is 2.64. The molecule has 1 fully saturated rings. The van der Waals surface area contributed by atoms with E-state index in [0.29, 0.717) is 18.6 Å². The molecule has 0 bridgehead atoms. The first-order valence-electron chi connectivity index (χ1n) is 9.36. The van der Waals surface area contributed by atoms with Crippen molar-refractivity contribution in [1.82, 2.24) is 5.32 Å². The number of rotatable bonds is 9. The summed E-state index contributed by atoms with van der Waals surface area (Å²) in [6.07, 6.45) is 1.79. The minimum Gasteiger partial charge on any atom is -0.494 e. The molecule has 0 saturated heterocycles. The van der Waals surface area contributed by atoms with Crippen LogP contribution < -0.4 is 10.1 Å². The van der Waals surface area contributed by atoms with Crippen LogP contribution in [0, 0.1) is 6.92 Å². The van der Waals surface area contributed by atoms with Crippen molar-refractivity contribution in [2.45, 2.75) is 44.8 Å². The zero-order valence-corrected chi connectivity index (χ0v) is 15.5. The minimum atomic E-state index is -0.905. The van der Waals surface area contributed by atoms with Crippen LogP contribution in [0.25, 0.3) is 0 Å². The molecular formula is C22H25NO4. The fraction of sp³-hybridized carbons (Fsp3) is 0.364. The standard InChI is InChI=1S/C22H25NO4/c1-16-9-13-19(14-10-16)26-15-5-8-20(24)27-21(17-6-3-2-4-7-17)22(25)23-18-11-12-18/h2-4,6-7,9-10,13-14,18,21H,5,8,11-12,15H2,1H3,(H,23,25)/t21-/m0/s1. The summed E-state index contributed by atoms with van der Waals surface area (Å²) in [5.74, 6) is 0.121. The second kappa shape index (κ2) is 9.21. The first-order chi connectivity index (χ1) is 13.1. The normalized spacial score (nSPS) is 14.3. The van der Waals surface area contributed by atoms with Gasteiger partial charge in [-0.1, -0.05) is 48.0 Å². The van der Waals surface area contributed by atoms with Crippen molar-refractivity contribution < 1.29 is 19.1 Å². The van der Waals surface area contributed by atoms with Crippen LogP contribution in [-0.2, 0) is 14.3 Å². The van der Waals surface area contributed by atoms with E-state index in [-0.39, 0.29) is 18.4 Å². The number of hydrogen-bond donors (Lipinski definition) is 1. The van der Waals surface area contributed by atoms with Gasteiger partial charge >= 0.3 is 5.97 Å². The molecule has 2 aromatic carbocycles. The number of esters is 1. The molecule has 3 rings (SSSR count). The van der Waals surface area contributed by atoms with Crippen molar-refractivity contribution in [2.75, 3.05) is 6.61 Å². The average Bonchev–Trinajstić information content (AvgIpc) is 3.49. The SMILES string of the molecule is Cc1ccc(OCCCC(=O)O[C@H](C(=O)NC2CC2)c2ccccc2)cc1. The summed E-state index contributed by atoms with van der Waals surface area (Å²) in [4.78, 5) is 24.7. The van der Waals surface area contributed by atoms with Crippen LogP contribution >= 0.6 is 0 Å². The lowest BCUT2D eigenvalue weighted by Gasteiger charge is -2.18. The Balaban J connectivity index is 1.48. The molecule has 0 unspecified atom stereocenters. The highest BCUT2D eigenvalue weighted by Gasteiger charge is 2.30. The van der Waals surface area contributed by atoms with Gasteiger partial charge in [0.2, 0.25) is 6.10 Å². The maximum absolute atomic E-state index is 12.5. The lowest BCUT2D eigenvalue weighted by molar-refractivity contribution is -0.156. The quantitative estimate of drug-likeness (QED) is 0.542. The number of benzene rings is 2. The Hall–Kier alpha value is -2.82. The number of carbonyl (C=O) groups excluding carboxylic acids is 2. The Kier molecular flexibility index (Phi) is 6.47. The summed E-state index contributed by atoms with van der Waals surface area (Å²) in [7, 11) is 0. The van der Waals surface area contributed by atoms with Crippen molar-refractivity contribution in [3.05, 3.63) is 65.7 Å². The molecule has 1 aliphatic rings. The minimum absolute atomic E-state index is 0.200. The predicted octanol–water partition coefficient (Wildman–Crippen LogP) is 3.72. The predicted molar refractivity (Wildman–Crippen MR) is 102 cm³/mol. The van der Waals surface area contributed by atoms with E-state index < -0.39 is 12.1 Å². The number of hydrogen-bond acceptors (Lipinski definition) is 4. The number of nitrogens with one attached hydrogen (secondary N) is 1. The first-order valence-corrected chi connectivity index (χ1v) is 9.36. The summed E-state index contributed by atoms with van der Waals surface area (Å²) in [5.41, 5.74) is 1.85. The zero-order chi connectivity index (χ0) is 19.1. The van der Waals surface area contributed by atoms with E-state index in [1.165, 1.54) is 5.56 Å². The van der Waals surface area contributed by atoms with Crippen LogP contribution in [0.4, 0.5) is 0 Å². The van der Waals surface area contributed by atoms with Gasteiger partial charge in [-0.2, -0.15) is 0 Å². The van der Waals surface area contributed by atoms with E-state index in [4.69, 9.17) is 9.47 Å². The number of carbonyl (C=O) groups is 2. The lowest BCUT2D eigenvalue weighted by atomic mass is 10.1. The van der Waals surface area contributed by atoms with E-state index in [0.717, 1.165) is 18.6 Å².